The van der Waals surface area contributed by atoms with Gasteiger partial charge in [0.2, 0.25) is 5.91 Å². The molecule has 0 radical (unpaired) electrons. The molecule has 0 atom stereocenters. The maximum Gasteiger partial charge on any atom is 0.238 e. The largest absolute Gasteiger partial charge is 0.468 e. The molecule has 0 unspecified atom stereocenters. The van der Waals surface area contributed by atoms with Gasteiger partial charge in [0.15, 0.2) is 0 Å². The Hall–Kier alpha value is -1.34. The second-order valence-electron chi connectivity index (χ2n) is 4.31. The maximum atomic E-state index is 11.9. The zero-order valence-electron chi connectivity index (χ0n) is 10.6. The van der Waals surface area contributed by atoms with Crippen molar-refractivity contribution in [2.75, 3.05) is 18.9 Å². The van der Waals surface area contributed by atoms with Crippen LogP contribution in [0.15, 0.2) is 47.1 Å². The fraction of sp³-hybridized carbons (Fsp3) is 0.214. The lowest BCUT2D eigenvalue weighted by Crippen LogP contribution is -2.29. The Morgan fingerprint density at radius 3 is 2.89 bits per heavy atom. The minimum absolute atomic E-state index is 0.0314. The lowest BCUT2D eigenvalue weighted by atomic mass is 10.3. The number of furan rings is 1. The van der Waals surface area contributed by atoms with Gasteiger partial charge < -0.3 is 9.73 Å². The Morgan fingerprint density at radius 1 is 1.37 bits per heavy atom. The summed E-state index contributed by atoms with van der Waals surface area (Å²) in [5.41, 5.74) is 0.822. The minimum Gasteiger partial charge on any atom is -0.468 e. The fourth-order valence-electron chi connectivity index (χ4n) is 1.74. The first-order chi connectivity index (χ1) is 9.13. The van der Waals surface area contributed by atoms with E-state index in [1.807, 2.05) is 48.3 Å². The average molecular weight is 370 g/mol. The number of rotatable bonds is 5. The van der Waals surface area contributed by atoms with Crippen molar-refractivity contribution in [3.63, 3.8) is 0 Å². The molecule has 100 valence electrons. The summed E-state index contributed by atoms with van der Waals surface area (Å²) in [6.07, 6.45) is 1.63. The Labute approximate surface area is 125 Å². The normalized spacial score (nSPS) is 10.7. The molecule has 2 rings (SSSR count). The van der Waals surface area contributed by atoms with Gasteiger partial charge in [-0.15, -0.1) is 0 Å². The van der Waals surface area contributed by atoms with Crippen molar-refractivity contribution in [1.82, 2.24) is 4.90 Å². The van der Waals surface area contributed by atoms with Gasteiger partial charge in [0.25, 0.3) is 0 Å². The molecular weight excluding hydrogens is 355 g/mol. The van der Waals surface area contributed by atoms with E-state index in [-0.39, 0.29) is 5.91 Å². The minimum atomic E-state index is -0.0314. The Kier molecular flexibility index (Phi) is 4.98. The van der Waals surface area contributed by atoms with Gasteiger partial charge in [-0.3, -0.25) is 9.69 Å². The van der Waals surface area contributed by atoms with Gasteiger partial charge in [0.1, 0.15) is 5.76 Å². The number of carbonyl (C=O) groups excluding carboxylic acids is 1. The van der Waals surface area contributed by atoms with Crippen LogP contribution in [0.2, 0.25) is 0 Å². The Balaban J connectivity index is 1.84. The topological polar surface area (TPSA) is 45.5 Å². The smallest absolute Gasteiger partial charge is 0.238 e. The number of nitrogens with one attached hydrogen (secondary N) is 1. The zero-order chi connectivity index (χ0) is 13.7. The van der Waals surface area contributed by atoms with Gasteiger partial charge in [0.05, 0.1) is 19.4 Å². The number of halogens is 1. The lowest BCUT2D eigenvalue weighted by Gasteiger charge is -2.14. The highest BCUT2D eigenvalue weighted by atomic mass is 127. The molecule has 0 saturated heterocycles. The lowest BCUT2D eigenvalue weighted by molar-refractivity contribution is -0.117. The fourth-order valence-corrected chi connectivity index (χ4v) is 2.28. The monoisotopic (exact) mass is 370 g/mol. The number of hydrogen-bond donors (Lipinski definition) is 1. The van der Waals surface area contributed by atoms with Crippen LogP contribution in [0.3, 0.4) is 0 Å². The first-order valence-electron chi connectivity index (χ1n) is 5.90. The second kappa shape index (κ2) is 6.72. The molecule has 19 heavy (non-hydrogen) atoms. The van der Waals surface area contributed by atoms with Crippen molar-refractivity contribution in [3.05, 3.63) is 52.0 Å². The Morgan fingerprint density at radius 2 is 2.21 bits per heavy atom. The van der Waals surface area contributed by atoms with E-state index in [1.165, 1.54) is 0 Å². The van der Waals surface area contributed by atoms with E-state index in [9.17, 15) is 4.79 Å². The summed E-state index contributed by atoms with van der Waals surface area (Å²) in [7, 11) is 1.89. The number of anilines is 1. The second-order valence-corrected chi connectivity index (χ2v) is 5.56. The van der Waals surface area contributed by atoms with Crippen LogP contribution in [0.4, 0.5) is 5.69 Å². The van der Waals surface area contributed by atoms with Crippen LogP contribution in [0.25, 0.3) is 0 Å². The third kappa shape index (κ3) is 4.68. The molecule has 1 N–H and O–H groups in total. The molecule has 0 aliphatic carbocycles. The highest BCUT2D eigenvalue weighted by molar-refractivity contribution is 14.1. The molecule has 0 fully saturated rings. The van der Waals surface area contributed by atoms with Crippen LogP contribution < -0.4 is 5.32 Å². The molecule has 0 saturated carbocycles. The van der Waals surface area contributed by atoms with Crippen molar-refractivity contribution < 1.29 is 9.21 Å². The maximum absolute atomic E-state index is 11.9. The van der Waals surface area contributed by atoms with Gasteiger partial charge >= 0.3 is 0 Å². The summed E-state index contributed by atoms with van der Waals surface area (Å²) >= 11 is 2.22. The standard InChI is InChI=1S/C14H15IN2O2/c1-17(9-13-6-3-7-19-13)10-14(18)16-12-5-2-4-11(15)8-12/h2-8H,9-10H2,1H3,(H,16,18). The quantitative estimate of drug-likeness (QED) is 0.824. The number of benzene rings is 1. The number of hydrogen-bond acceptors (Lipinski definition) is 3. The van der Waals surface area contributed by atoms with E-state index in [2.05, 4.69) is 27.9 Å². The summed E-state index contributed by atoms with van der Waals surface area (Å²) in [4.78, 5) is 13.8. The van der Waals surface area contributed by atoms with Gasteiger partial charge in [-0.05, 0) is 60.0 Å². The molecule has 0 aliphatic rings. The summed E-state index contributed by atoms with van der Waals surface area (Å²) in [6, 6.07) is 11.5. The van der Waals surface area contributed by atoms with Crippen LogP contribution in [0.1, 0.15) is 5.76 Å². The van der Waals surface area contributed by atoms with Crippen LogP contribution >= 0.6 is 22.6 Å². The zero-order valence-corrected chi connectivity index (χ0v) is 12.8. The van der Waals surface area contributed by atoms with E-state index in [1.54, 1.807) is 6.26 Å². The third-order valence-electron chi connectivity index (χ3n) is 2.53. The van der Waals surface area contributed by atoms with E-state index in [4.69, 9.17) is 4.42 Å². The van der Waals surface area contributed by atoms with Crippen LogP contribution in [0, 0.1) is 3.57 Å². The highest BCUT2D eigenvalue weighted by Gasteiger charge is 2.08. The van der Waals surface area contributed by atoms with E-state index in [0.29, 0.717) is 13.1 Å². The van der Waals surface area contributed by atoms with Gasteiger partial charge in [-0.1, -0.05) is 6.07 Å². The summed E-state index contributed by atoms with van der Waals surface area (Å²) < 4.78 is 6.34. The van der Waals surface area contributed by atoms with Crippen molar-refractivity contribution in [2.45, 2.75) is 6.54 Å². The molecule has 5 heteroatoms. The average Bonchev–Trinajstić information content (AvgIpc) is 2.81. The molecule has 0 bridgehead atoms. The predicted octanol–water partition coefficient (Wildman–Crippen LogP) is 2.95. The molecular formula is C14H15IN2O2. The Bertz CT molecular complexity index is 540. The molecule has 0 spiro atoms. The van der Waals surface area contributed by atoms with E-state index in [0.717, 1.165) is 15.0 Å². The van der Waals surface area contributed by atoms with Crippen molar-refractivity contribution in [3.8, 4) is 0 Å². The van der Waals surface area contributed by atoms with Crippen molar-refractivity contribution in [1.29, 1.82) is 0 Å². The van der Waals surface area contributed by atoms with E-state index >= 15 is 0 Å². The number of nitrogens with zero attached hydrogens (tertiary/aromatic N) is 1. The van der Waals surface area contributed by atoms with Crippen LogP contribution in [0.5, 0.6) is 0 Å². The van der Waals surface area contributed by atoms with Crippen LogP contribution in [-0.4, -0.2) is 24.4 Å². The third-order valence-corrected chi connectivity index (χ3v) is 3.20. The molecule has 1 aromatic heterocycles. The summed E-state index contributed by atoms with van der Waals surface area (Å²) in [5.74, 6) is 0.820. The van der Waals surface area contributed by atoms with Crippen molar-refractivity contribution >= 4 is 34.2 Å². The molecule has 0 aliphatic heterocycles. The van der Waals surface area contributed by atoms with Crippen LogP contribution in [-0.2, 0) is 11.3 Å². The molecule has 1 heterocycles. The summed E-state index contributed by atoms with van der Waals surface area (Å²) in [5, 5.41) is 2.88. The summed E-state index contributed by atoms with van der Waals surface area (Å²) in [6.45, 7) is 0.943. The SMILES string of the molecule is CN(CC(=O)Nc1cccc(I)c1)Cc1ccco1. The highest BCUT2D eigenvalue weighted by Crippen LogP contribution is 2.12. The number of amides is 1. The number of likely N-dealkylation sites (N-methyl/N-ethyl adjacent to an activating group) is 1. The van der Waals surface area contributed by atoms with E-state index < -0.39 is 0 Å². The van der Waals surface area contributed by atoms with Crippen molar-refractivity contribution in [2.24, 2.45) is 0 Å². The van der Waals surface area contributed by atoms with Gasteiger partial charge in [0, 0.05) is 9.26 Å². The molecule has 2 aromatic rings. The van der Waals surface area contributed by atoms with Gasteiger partial charge in [-0.2, -0.15) is 0 Å². The molecule has 4 nitrogen and oxygen atoms in total. The molecule has 1 amide bonds. The predicted molar refractivity (Wildman–Crippen MR) is 82.8 cm³/mol. The first kappa shape index (κ1) is 14.1. The first-order valence-corrected chi connectivity index (χ1v) is 6.98. The van der Waals surface area contributed by atoms with Gasteiger partial charge in [-0.25, -0.2) is 0 Å². The number of carbonyl (C=O) groups is 1. The molecule has 1 aromatic carbocycles.